The lowest BCUT2D eigenvalue weighted by atomic mass is 10.0. The van der Waals surface area contributed by atoms with Gasteiger partial charge in [0.15, 0.2) is 0 Å². The van der Waals surface area contributed by atoms with E-state index < -0.39 is 0 Å². The lowest BCUT2D eigenvalue weighted by Gasteiger charge is -2.14. The van der Waals surface area contributed by atoms with Gasteiger partial charge < -0.3 is 10.4 Å². The van der Waals surface area contributed by atoms with Crippen LogP contribution in [0.4, 0.5) is 0 Å². The van der Waals surface area contributed by atoms with Crippen LogP contribution in [0.1, 0.15) is 35.7 Å². The zero-order chi connectivity index (χ0) is 13.5. The van der Waals surface area contributed by atoms with Gasteiger partial charge in [-0.2, -0.15) is 0 Å². The van der Waals surface area contributed by atoms with Gasteiger partial charge in [-0.25, -0.2) is 0 Å². The van der Waals surface area contributed by atoms with Gasteiger partial charge in [-0.05, 0) is 43.0 Å². The summed E-state index contributed by atoms with van der Waals surface area (Å²) in [5, 5.41) is 13.3. The summed E-state index contributed by atoms with van der Waals surface area (Å²) >= 11 is 3.42. The van der Waals surface area contributed by atoms with E-state index in [-0.39, 0.29) is 11.7 Å². The van der Waals surface area contributed by atoms with Crippen molar-refractivity contribution in [1.29, 1.82) is 0 Å². The van der Waals surface area contributed by atoms with E-state index in [0.717, 1.165) is 23.7 Å². The molecule has 3 nitrogen and oxygen atoms in total. The molecule has 1 unspecified atom stereocenters. The highest BCUT2D eigenvalue weighted by molar-refractivity contribution is 9.09. The molecule has 1 atom stereocenters. The molecule has 0 aliphatic rings. The molecule has 2 N–H and O–H groups in total. The minimum atomic E-state index is -0.0777. The highest BCUT2D eigenvalue weighted by Crippen LogP contribution is 2.17. The summed E-state index contributed by atoms with van der Waals surface area (Å²) in [7, 11) is 0. The Morgan fingerprint density at radius 2 is 2.22 bits per heavy atom. The van der Waals surface area contributed by atoms with Crippen LogP contribution in [0.25, 0.3) is 0 Å². The zero-order valence-electron chi connectivity index (χ0n) is 10.9. The predicted molar refractivity (Wildman–Crippen MR) is 77.4 cm³/mol. The Labute approximate surface area is 117 Å². The number of benzene rings is 1. The van der Waals surface area contributed by atoms with E-state index in [4.69, 9.17) is 0 Å². The van der Waals surface area contributed by atoms with Crippen LogP contribution in [0, 0.1) is 12.8 Å². The first-order chi connectivity index (χ1) is 8.58. The molecule has 0 spiro atoms. The molecule has 100 valence electrons. The van der Waals surface area contributed by atoms with Crippen molar-refractivity contribution in [2.24, 2.45) is 5.92 Å². The van der Waals surface area contributed by atoms with Crippen LogP contribution >= 0.6 is 15.9 Å². The number of aromatic hydroxyl groups is 1. The molecule has 0 radical (unpaired) electrons. The Hall–Kier alpha value is -1.03. The number of hydrogen-bond acceptors (Lipinski definition) is 2. The topological polar surface area (TPSA) is 49.3 Å². The van der Waals surface area contributed by atoms with Crippen molar-refractivity contribution >= 4 is 21.8 Å². The van der Waals surface area contributed by atoms with Crippen LogP contribution in [0.5, 0.6) is 5.75 Å². The van der Waals surface area contributed by atoms with Crippen molar-refractivity contribution < 1.29 is 9.90 Å². The fourth-order valence-electron chi connectivity index (χ4n) is 1.74. The number of phenols is 1. The molecule has 0 bridgehead atoms. The van der Waals surface area contributed by atoms with E-state index in [1.165, 1.54) is 0 Å². The van der Waals surface area contributed by atoms with Crippen molar-refractivity contribution in [3.05, 3.63) is 29.3 Å². The normalized spacial score (nSPS) is 12.2. The second-order valence-electron chi connectivity index (χ2n) is 4.46. The van der Waals surface area contributed by atoms with E-state index >= 15 is 0 Å². The van der Waals surface area contributed by atoms with Crippen LogP contribution in [0.15, 0.2) is 18.2 Å². The molecule has 18 heavy (non-hydrogen) atoms. The summed E-state index contributed by atoms with van der Waals surface area (Å²) in [6.07, 6.45) is 2.12. The molecule has 4 heteroatoms. The third kappa shape index (κ3) is 4.33. The average Bonchev–Trinajstić information content (AvgIpc) is 2.37. The van der Waals surface area contributed by atoms with Gasteiger partial charge in [0.05, 0.1) is 0 Å². The molecule has 1 amide bonds. The summed E-state index contributed by atoms with van der Waals surface area (Å²) in [5.41, 5.74) is 1.31. The number of carbonyl (C=O) groups is 1. The van der Waals surface area contributed by atoms with Gasteiger partial charge in [0.25, 0.3) is 5.91 Å². The number of carbonyl (C=O) groups excluding carboxylic acids is 1. The molecule has 0 aliphatic heterocycles. The van der Waals surface area contributed by atoms with Crippen LogP contribution in [0.3, 0.4) is 0 Å². The smallest absolute Gasteiger partial charge is 0.251 e. The van der Waals surface area contributed by atoms with Gasteiger partial charge in [-0.3, -0.25) is 4.79 Å². The fourth-order valence-corrected chi connectivity index (χ4v) is 2.39. The third-order valence-corrected chi connectivity index (χ3v) is 3.56. The standard InChI is InChI=1S/C14H20BrNO2/c1-3-11(6-7-15)9-16-14(18)12-4-5-13(17)10(2)8-12/h4-5,8,11,17H,3,6-7,9H2,1-2H3,(H,16,18). The monoisotopic (exact) mass is 313 g/mol. The van der Waals surface area contributed by atoms with Gasteiger partial charge in [-0.1, -0.05) is 29.3 Å². The van der Waals surface area contributed by atoms with Gasteiger partial charge in [0, 0.05) is 17.4 Å². The molecule has 1 rings (SSSR count). The SMILES string of the molecule is CCC(CCBr)CNC(=O)c1ccc(O)c(C)c1. The Kier molecular flexibility index (Phi) is 6.19. The number of hydrogen-bond donors (Lipinski definition) is 2. The van der Waals surface area contributed by atoms with E-state index in [1.54, 1.807) is 25.1 Å². The number of halogens is 1. The summed E-state index contributed by atoms with van der Waals surface area (Å²) in [5.74, 6) is 0.648. The van der Waals surface area contributed by atoms with E-state index in [1.807, 2.05) is 0 Å². The summed E-state index contributed by atoms with van der Waals surface area (Å²) < 4.78 is 0. The van der Waals surface area contributed by atoms with Crippen molar-refractivity contribution in [1.82, 2.24) is 5.32 Å². The lowest BCUT2D eigenvalue weighted by Crippen LogP contribution is -2.29. The quantitative estimate of drug-likeness (QED) is 0.792. The number of amides is 1. The van der Waals surface area contributed by atoms with Crippen molar-refractivity contribution in [3.63, 3.8) is 0 Å². The number of nitrogens with one attached hydrogen (secondary N) is 1. The second kappa shape index (κ2) is 7.41. The maximum Gasteiger partial charge on any atom is 0.251 e. The molecule has 0 fully saturated rings. The molecule has 0 aromatic heterocycles. The maximum absolute atomic E-state index is 11.9. The third-order valence-electron chi connectivity index (χ3n) is 3.10. The first kappa shape index (κ1) is 15.0. The summed E-state index contributed by atoms with van der Waals surface area (Å²) in [4.78, 5) is 11.9. The maximum atomic E-state index is 11.9. The molecule has 1 aromatic rings. The van der Waals surface area contributed by atoms with Crippen LogP contribution < -0.4 is 5.32 Å². The van der Waals surface area contributed by atoms with Crippen molar-refractivity contribution in [3.8, 4) is 5.75 Å². The minimum Gasteiger partial charge on any atom is -0.508 e. The van der Waals surface area contributed by atoms with Crippen LogP contribution in [-0.4, -0.2) is 22.9 Å². The Balaban J connectivity index is 2.57. The molecular weight excluding hydrogens is 294 g/mol. The first-order valence-electron chi connectivity index (χ1n) is 6.22. The average molecular weight is 314 g/mol. The molecule has 0 aliphatic carbocycles. The predicted octanol–water partition coefficient (Wildman–Crippen LogP) is 3.24. The second-order valence-corrected chi connectivity index (χ2v) is 5.26. The molecular formula is C14H20BrNO2. The number of alkyl halides is 1. The molecule has 1 aromatic carbocycles. The first-order valence-corrected chi connectivity index (χ1v) is 7.34. The van der Waals surface area contributed by atoms with E-state index in [9.17, 15) is 9.90 Å². The summed E-state index contributed by atoms with van der Waals surface area (Å²) in [6.45, 7) is 4.61. The lowest BCUT2D eigenvalue weighted by molar-refractivity contribution is 0.0946. The Morgan fingerprint density at radius 1 is 1.50 bits per heavy atom. The van der Waals surface area contributed by atoms with Gasteiger partial charge in [0.2, 0.25) is 0 Å². The van der Waals surface area contributed by atoms with Crippen LogP contribution in [0.2, 0.25) is 0 Å². The number of aryl methyl sites for hydroxylation is 1. The number of phenolic OH excluding ortho intramolecular Hbond substituents is 1. The highest BCUT2D eigenvalue weighted by Gasteiger charge is 2.10. The largest absolute Gasteiger partial charge is 0.508 e. The fraction of sp³-hybridized carbons (Fsp3) is 0.500. The van der Waals surface area contributed by atoms with Gasteiger partial charge >= 0.3 is 0 Å². The van der Waals surface area contributed by atoms with E-state index in [2.05, 4.69) is 28.2 Å². The van der Waals surface area contributed by atoms with Gasteiger partial charge in [-0.15, -0.1) is 0 Å². The highest BCUT2D eigenvalue weighted by atomic mass is 79.9. The number of rotatable bonds is 6. The molecule has 0 saturated heterocycles. The zero-order valence-corrected chi connectivity index (χ0v) is 12.5. The van der Waals surface area contributed by atoms with Crippen molar-refractivity contribution in [2.75, 3.05) is 11.9 Å². The van der Waals surface area contributed by atoms with Crippen LogP contribution in [-0.2, 0) is 0 Å². The molecule has 0 saturated carbocycles. The van der Waals surface area contributed by atoms with E-state index in [0.29, 0.717) is 18.0 Å². The molecule has 0 heterocycles. The minimum absolute atomic E-state index is 0.0777. The summed E-state index contributed by atoms with van der Waals surface area (Å²) in [6, 6.07) is 4.90. The van der Waals surface area contributed by atoms with Gasteiger partial charge in [0.1, 0.15) is 5.75 Å². The Bertz CT molecular complexity index is 407. The Morgan fingerprint density at radius 3 is 2.78 bits per heavy atom. The van der Waals surface area contributed by atoms with Crippen molar-refractivity contribution in [2.45, 2.75) is 26.7 Å².